The van der Waals surface area contributed by atoms with Crippen molar-refractivity contribution in [1.82, 2.24) is 33.9 Å². The molecular weight excluding hydrogens is 1440 g/mol. The number of benzene rings is 1. The Morgan fingerprint density at radius 3 is 1.40 bits per heavy atom. The molecule has 0 aliphatic rings. The summed E-state index contributed by atoms with van der Waals surface area (Å²) in [7, 11) is -4.18. The van der Waals surface area contributed by atoms with Gasteiger partial charge in [-0.05, 0) is 135 Å². The number of nitrogens with zero attached hydrogens (tertiary/aromatic N) is 9. The minimum atomic E-state index is -4.18. The van der Waals surface area contributed by atoms with Gasteiger partial charge in [0.15, 0.2) is 5.65 Å². The lowest BCUT2D eigenvalue weighted by Gasteiger charge is -2.33. The molecule has 4 atom stereocenters. The number of aliphatic carboxylic acids is 1. The monoisotopic (exact) mass is 1530 g/mol. The largest absolute Gasteiger partial charge is 0.481 e. The van der Waals surface area contributed by atoms with E-state index in [9.17, 15) is 50.3 Å². The first-order chi connectivity index (χ1) is 50.7. The van der Waals surface area contributed by atoms with Crippen molar-refractivity contribution in [3.05, 3.63) is 171 Å². The Bertz CT molecular complexity index is 4760. The van der Waals surface area contributed by atoms with Crippen molar-refractivity contribution in [1.29, 1.82) is 0 Å². The van der Waals surface area contributed by atoms with Gasteiger partial charge in [-0.1, -0.05) is 132 Å². The van der Waals surface area contributed by atoms with Crippen LogP contribution in [0.25, 0.3) is 59.1 Å². The van der Waals surface area contributed by atoms with Gasteiger partial charge in [0, 0.05) is 59.6 Å². The zero-order chi connectivity index (χ0) is 81.0. The van der Waals surface area contributed by atoms with Gasteiger partial charge in [0.25, 0.3) is 10.0 Å². The van der Waals surface area contributed by atoms with E-state index in [0.717, 1.165) is 59.0 Å². The van der Waals surface area contributed by atoms with Gasteiger partial charge in [-0.15, -0.1) is 0 Å². The quantitative estimate of drug-likeness (QED) is 0.0129. The fourth-order valence-electron chi connectivity index (χ4n) is 11.5. The molecule has 0 aliphatic carbocycles. The lowest BCUT2D eigenvalue weighted by atomic mass is 9.72. The predicted octanol–water partition coefficient (Wildman–Crippen LogP) is 19.2. The van der Waals surface area contributed by atoms with Gasteiger partial charge in [0.1, 0.15) is 39.9 Å². The molecule has 0 spiro atoms. The number of esters is 3. The number of nitrogens with one attached hydrogen (secondary N) is 1. The maximum absolute atomic E-state index is 15.4. The molecular formula is C80H97ClF5N11O10S. The van der Waals surface area contributed by atoms with E-state index in [1.165, 1.54) is 24.4 Å². The third-order valence-electron chi connectivity index (χ3n) is 20.4. The number of hydrogen-bond donors (Lipinski definition) is 3. The molecule has 7 aromatic heterocycles. The molecule has 8 aromatic rings. The number of pyridine rings is 5. The number of ether oxygens (including phenoxy) is 3. The number of carboxylic acids is 1. The van der Waals surface area contributed by atoms with Crippen molar-refractivity contribution in [2.45, 2.75) is 192 Å². The Morgan fingerprint density at radius 1 is 0.574 bits per heavy atom. The number of rotatable bonds is 29. The van der Waals surface area contributed by atoms with Crippen LogP contribution in [0.15, 0.2) is 84.3 Å². The number of aryl methyl sites for hydroxylation is 1. The molecule has 0 radical (unpaired) electrons. The first kappa shape index (κ1) is 88.9. The molecule has 7 heterocycles. The van der Waals surface area contributed by atoms with Crippen LogP contribution >= 0.6 is 11.6 Å². The number of fused-ring (bicyclic) bond motifs is 2. The van der Waals surface area contributed by atoms with E-state index in [2.05, 4.69) is 65.2 Å². The normalized spacial score (nSPS) is 12.8. The molecule has 108 heavy (non-hydrogen) atoms. The summed E-state index contributed by atoms with van der Waals surface area (Å²) in [5, 5.41) is 9.83. The fourth-order valence-corrected chi connectivity index (χ4v) is 13.0. The molecule has 4 unspecified atom stereocenters. The number of hydrogen-bond acceptors (Lipinski definition) is 15. The van der Waals surface area contributed by atoms with Gasteiger partial charge in [-0.3, -0.25) is 29.1 Å². The van der Waals surface area contributed by atoms with Crippen molar-refractivity contribution in [2.75, 3.05) is 19.8 Å². The van der Waals surface area contributed by atoms with Crippen LogP contribution in [-0.4, -0.2) is 97.1 Å². The molecule has 0 bridgehead atoms. The van der Waals surface area contributed by atoms with E-state index in [0.29, 0.717) is 49.1 Å². The number of nitrogens with two attached hydrogens (primary N) is 1. The number of carboxylic acid groups (broad SMARTS) is 1. The first-order valence-electron chi connectivity index (χ1n) is 35.6. The van der Waals surface area contributed by atoms with Crippen LogP contribution in [0.4, 0.5) is 39.0 Å². The van der Waals surface area contributed by atoms with Crippen molar-refractivity contribution < 1.29 is 68.9 Å². The van der Waals surface area contributed by atoms with Gasteiger partial charge in [-0.2, -0.15) is 0 Å². The maximum atomic E-state index is 15.4. The summed E-state index contributed by atoms with van der Waals surface area (Å²) >= 11 is 5.91. The zero-order valence-electron chi connectivity index (χ0n) is 64.1. The summed E-state index contributed by atoms with van der Waals surface area (Å²) in [5.41, 5.74) is 7.01. The van der Waals surface area contributed by atoms with Gasteiger partial charge >= 0.3 is 23.9 Å². The fraction of sp³-hybridized carbons (Fsp3) is 0.475. The predicted molar refractivity (Wildman–Crippen MR) is 406 cm³/mol. The van der Waals surface area contributed by atoms with Crippen LogP contribution in [0, 0.1) is 95.1 Å². The average molecular weight is 1540 g/mol. The van der Waals surface area contributed by atoms with E-state index < -0.39 is 51.0 Å². The Kier molecular flexibility index (Phi) is 32.0. The Labute approximate surface area is 634 Å². The van der Waals surface area contributed by atoms with Gasteiger partial charge < -0.3 is 30.0 Å². The van der Waals surface area contributed by atoms with Crippen LogP contribution in [0.1, 0.15) is 178 Å². The molecule has 580 valence electrons. The minimum absolute atomic E-state index is 0.000113. The maximum Gasteiger partial charge on any atom is 0.307 e. The summed E-state index contributed by atoms with van der Waals surface area (Å²) in [6.07, 6.45) is 8.83. The summed E-state index contributed by atoms with van der Waals surface area (Å²) in [4.78, 5) is 80.6. The van der Waals surface area contributed by atoms with Gasteiger partial charge in [0.2, 0.25) is 17.1 Å². The Hall–Kier alpha value is -9.75. The number of aromatic nitrogens is 7. The number of aromatic amines is 1. The van der Waals surface area contributed by atoms with Crippen LogP contribution in [-0.2, 0) is 62.7 Å². The highest BCUT2D eigenvalue weighted by Crippen LogP contribution is 2.43. The van der Waals surface area contributed by atoms with E-state index >= 15 is 4.39 Å². The molecule has 8 rings (SSSR count). The Balaban J connectivity index is 0.000000278. The summed E-state index contributed by atoms with van der Waals surface area (Å²) < 4.78 is 116. The zero-order valence-corrected chi connectivity index (χ0v) is 65.7. The van der Waals surface area contributed by atoms with Crippen LogP contribution in [0.5, 0.6) is 0 Å². The molecule has 28 heteroatoms. The molecule has 0 saturated heterocycles. The second-order valence-electron chi connectivity index (χ2n) is 28.9. The molecule has 21 nitrogen and oxygen atoms in total. The SMILES string of the molecule is CCOC(=O)CC(N)C(C)(C)CC.[C-]#[N+]c1cc(F)c(CC(CC(=O)O)C(C)(C)CC)nc1-c1c[nH]c2ncc(F)cc12.[C-]#[N+]c1cc(F)c(CC(CC(=O)OCC)C(C)(C)CC)nc1-c1cn(S(=O)(=O)c2ccc(C)cc2)c2ncc(F)cc12.[C-]#[N+]c1cc(F)c(CC(CC(=O)OCC)C(C)(C)CC)nc1Cl. The average Bonchev–Trinajstić information content (AvgIpc) is 1.59. The smallest absolute Gasteiger partial charge is 0.307 e. The van der Waals surface area contributed by atoms with Crippen molar-refractivity contribution in [3.8, 4) is 22.5 Å². The van der Waals surface area contributed by atoms with Gasteiger partial charge in [0.05, 0.1) is 91.7 Å². The standard InChI is InChI=1S/C31H32F2N4O4S.C22H22F2N4O2.C17H22ClFN2O2.C10H21NO2/c1-7-31(4,5)20(14-28(38)41-8-2)13-26-25(33)16-27(34-6)29(36-26)24-18-37(30-23(24)15-21(32)17-35-30)42(39,40)22-11-9-19(3)10-12-22;1-5-22(2,3)12(7-19(29)30)6-17-16(24)9-18(25-4)20(28-17)15-11-27-21-14(15)8-13(23)10-26-21;1-6-17(3,4)11(9-15(22)23-7-2)8-13-12(19)10-14(20-5)16(18)21-13;1-5-10(3,4)8(11)7-9(12)13-6-2/h9-12,15-18,20H,7-8,13-14H2,1-5H3;8-12H,5-7H2,1-3H3,(H,26,27)(H,29,30);10-11H,6-9H2,1-4H3;8H,5-7,11H2,1-4H3. The van der Waals surface area contributed by atoms with E-state index in [-0.39, 0.29) is 175 Å². The lowest BCUT2D eigenvalue weighted by molar-refractivity contribution is -0.146. The number of H-pyrrole nitrogens is 1. The molecule has 0 saturated carbocycles. The molecule has 0 fully saturated rings. The van der Waals surface area contributed by atoms with Crippen molar-refractivity contribution in [2.24, 2.45) is 45.1 Å². The summed E-state index contributed by atoms with van der Waals surface area (Å²) in [6, 6.07) is 11.7. The second kappa shape index (κ2) is 38.9. The first-order valence-corrected chi connectivity index (χ1v) is 37.4. The number of halogens is 6. The summed E-state index contributed by atoms with van der Waals surface area (Å²) in [5.74, 6) is -5.92. The Morgan fingerprint density at radius 2 is 0.972 bits per heavy atom. The molecule has 0 aliphatic heterocycles. The van der Waals surface area contributed by atoms with E-state index in [1.54, 1.807) is 39.1 Å². The van der Waals surface area contributed by atoms with Crippen LogP contribution in [0.3, 0.4) is 0 Å². The number of carbonyl (C=O) groups excluding carboxylic acids is 3. The third-order valence-corrected chi connectivity index (χ3v) is 22.3. The summed E-state index contributed by atoms with van der Waals surface area (Å²) in [6.45, 7) is 54.1. The highest BCUT2D eigenvalue weighted by atomic mass is 35.5. The minimum Gasteiger partial charge on any atom is -0.481 e. The van der Waals surface area contributed by atoms with Crippen molar-refractivity contribution >= 4 is 84.6 Å². The number of carbonyl (C=O) groups is 4. The van der Waals surface area contributed by atoms with Crippen LogP contribution < -0.4 is 5.73 Å². The molecule has 1 aromatic carbocycles. The van der Waals surface area contributed by atoms with Gasteiger partial charge in [-0.25, -0.2) is 63.8 Å². The molecule has 4 N–H and O–H groups in total. The lowest BCUT2D eigenvalue weighted by Crippen LogP contribution is -2.39. The highest BCUT2D eigenvalue weighted by Gasteiger charge is 2.36. The van der Waals surface area contributed by atoms with Crippen molar-refractivity contribution in [3.63, 3.8) is 0 Å². The van der Waals surface area contributed by atoms with E-state index in [4.69, 9.17) is 51.3 Å². The van der Waals surface area contributed by atoms with E-state index in [1.807, 2.05) is 69.2 Å². The highest BCUT2D eigenvalue weighted by molar-refractivity contribution is 7.90. The second-order valence-corrected chi connectivity index (χ2v) is 31.0. The topological polar surface area (TPSA) is 275 Å². The molecule has 0 amide bonds. The van der Waals surface area contributed by atoms with Crippen LogP contribution in [0.2, 0.25) is 5.15 Å². The third kappa shape index (κ3) is 23.1.